The molecule has 2 N–H and O–H groups in total. The van der Waals surface area contributed by atoms with E-state index in [9.17, 15) is 0 Å². The molecule has 1 aliphatic heterocycles. The lowest BCUT2D eigenvalue weighted by molar-refractivity contribution is -0.118. The van der Waals surface area contributed by atoms with Crippen LogP contribution in [0, 0.1) is 6.92 Å². The zero-order chi connectivity index (χ0) is 14.9. The number of nitrogens with zero attached hydrogens (tertiary/aromatic N) is 3. The van der Waals surface area contributed by atoms with Gasteiger partial charge in [-0.25, -0.2) is 4.98 Å². The molecule has 0 aliphatic carbocycles. The van der Waals surface area contributed by atoms with Gasteiger partial charge in [0.05, 0.1) is 5.69 Å². The van der Waals surface area contributed by atoms with Crippen LogP contribution < -0.4 is 5.73 Å². The highest BCUT2D eigenvalue weighted by molar-refractivity contribution is 7.18. The van der Waals surface area contributed by atoms with Crippen molar-refractivity contribution in [2.75, 3.05) is 25.6 Å². The van der Waals surface area contributed by atoms with E-state index in [-0.39, 0.29) is 0 Å². The van der Waals surface area contributed by atoms with Gasteiger partial charge in [0.25, 0.3) is 5.89 Å². The Bertz CT molecular complexity index is 613. The fourth-order valence-corrected chi connectivity index (χ4v) is 3.28. The summed E-state index contributed by atoms with van der Waals surface area (Å²) >= 11 is 1.34. The second-order valence-corrected chi connectivity index (χ2v) is 5.96. The fraction of sp³-hybridized carbons (Fsp3) is 0.615. The molecular weight excluding hydrogens is 292 g/mol. The summed E-state index contributed by atoms with van der Waals surface area (Å²) in [4.78, 5) is 9.52. The number of thiazole rings is 1. The number of nitrogens with two attached hydrogens (primary N) is 1. The number of ether oxygens (including phenoxy) is 2. The van der Waals surface area contributed by atoms with E-state index < -0.39 is 5.60 Å². The van der Waals surface area contributed by atoms with Crippen molar-refractivity contribution < 1.29 is 14.0 Å². The molecule has 21 heavy (non-hydrogen) atoms. The monoisotopic (exact) mass is 310 g/mol. The Morgan fingerprint density at radius 2 is 2.10 bits per heavy atom. The van der Waals surface area contributed by atoms with E-state index in [1.54, 1.807) is 0 Å². The van der Waals surface area contributed by atoms with E-state index >= 15 is 0 Å². The van der Waals surface area contributed by atoms with E-state index in [0.29, 0.717) is 36.7 Å². The van der Waals surface area contributed by atoms with Crippen molar-refractivity contribution in [1.82, 2.24) is 15.1 Å². The van der Waals surface area contributed by atoms with Gasteiger partial charge in [0, 0.05) is 32.7 Å². The smallest absolute Gasteiger partial charge is 0.270 e. The Kier molecular flexibility index (Phi) is 3.92. The van der Waals surface area contributed by atoms with Gasteiger partial charge in [-0.3, -0.25) is 0 Å². The highest BCUT2D eigenvalue weighted by Crippen LogP contribution is 2.37. The maximum atomic E-state index is 5.94. The molecule has 1 saturated heterocycles. The molecule has 0 aromatic carbocycles. The summed E-state index contributed by atoms with van der Waals surface area (Å²) in [5, 5.41) is 4.62. The van der Waals surface area contributed by atoms with Gasteiger partial charge in [-0.15, -0.1) is 0 Å². The molecule has 3 rings (SSSR count). The first kappa shape index (κ1) is 14.4. The molecule has 0 radical (unpaired) electrons. The first-order chi connectivity index (χ1) is 10.1. The highest BCUT2D eigenvalue weighted by atomic mass is 32.1. The summed E-state index contributed by atoms with van der Waals surface area (Å²) in [5.41, 5.74) is 6.00. The minimum atomic E-state index is -0.515. The first-order valence-electron chi connectivity index (χ1n) is 6.94. The second-order valence-electron chi connectivity index (χ2n) is 4.93. The Balaban J connectivity index is 1.94. The number of nitrogen functional groups attached to an aromatic ring is 1. The van der Waals surface area contributed by atoms with Crippen LogP contribution >= 0.6 is 11.3 Å². The Morgan fingerprint density at radius 3 is 2.71 bits per heavy atom. The average molecular weight is 310 g/mol. The summed E-state index contributed by atoms with van der Waals surface area (Å²) in [7, 11) is 0. The molecule has 1 fully saturated rings. The fourth-order valence-electron chi connectivity index (χ4n) is 2.53. The summed E-state index contributed by atoms with van der Waals surface area (Å²) < 4.78 is 16.8. The Morgan fingerprint density at radius 1 is 1.33 bits per heavy atom. The summed E-state index contributed by atoms with van der Waals surface area (Å²) in [5.74, 6) is 1.02. The van der Waals surface area contributed by atoms with Crippen LogP contribution in [0.4, 0.5) is 5.13 Å². The molecule has 0 spiro atoms. The van der Waals surface area contributed by atoms with E-state index in [1.807, 2.05) is 13.8 Å². The van der Waals surface area contributed by atoms with Crippen molar-refractivity contribution >= 4 is 16.5 Å². The molecule has 114 valence electrons. The second kappa shape index (κ2) is 5.70. The minimum Gasteiger partial charge on any atom is -0.381 e. The number of rotatable bonds is 4. The van der Waals surface area contributed by atoms with Crippen LogP contribution in [0.1, 0.15) is 31.3 Å². The Hall–Kier alpha value is -1.51. The molecule has 0 unspecified atom stereocenters. The molecular formula is C13H18N4O3S. The van der Waals surface area contributed by atoms with Crippen LogP contribution in [0.15, 0.2) is 4.52 Å². The van der Waals surface area contributed by atoms with Gasteiger partial charge in [0.1, 0.15) is 10.5 Å². The van der Waals surface area contributed by atoms with Crippen LogP contribution in [-0.2, 0) is 15.1 Å². The number of aryl methyl sites for hydroxylation is 1. The van der Waals surface area contributed by atoms with E-state index in [0.717, 1.165) is 23.4 Å². The van der Waals surface area contributed by atoms with Crippen molar-refractivity contribution in [3.05, 3.63) is 11.5 Å². The average Bonchev–Trinajstić information content (AvgIpc) is 3.07. The first-order valence-corrected chi connectivity index (χ1v) is 7.75. The molecule has 7 nitrogen and oxygen atoms in total. The van der Waals surface area contributed by atoms with Gasteiger partial charge in [0.15, 0.2) is 5.13 Å². The van der Waals surface area contributed by atoms with Crippen LogP contribution in [-0.4, -0.2) is 34.9 Å². The van der Waals surface area contributed by atoms with Crippen molar-refractivity contribution in [3.8, 4) is 10.8 Å². The zero-order valence-electron chi connectivity index (χ0n) is 12.1. The predicted octanol–water partition coefficient (Wildman–Crippen LogP) is 2.13. The lowest BCUT2D eigenvalue weighted by Crippen LogP contribution is -2.37. The van der Waals surface area contributed by atoms with Gasteiger partial charge in [-0.1, -0.05) is 16.5 Å². The molecule has 0 bridgehead atoms. The normalized spacial score (nSPS) is 18.0. The van der Waals surface area contributed by atoms with Crippen LogP contribution in [0.2, 0.25) is 0 Å². The topological polar surface area (TPSA) is 96.3 Å². The maximum absolute atomic E-state index is 5.94. The van der Waals surface area contributed by atoms with Crippen molar-refractivity contribution in [2.45, 2.75) is 32.3 Å². The molecule has 0 amide bonds. The lowest BCUT2D eigenvalue weighted by atomic mass is 9.93. The lowest BCUT2D eigenvalue weighted by Gasteiger charge is -2.33. The molecule has 0 saturated carbocycles. The van der Waals surface area contributed by atoms with Crippen LogP contribution in [0.25, 0.3) is 10.8 Å². The molecule has 1 aliphatic rings. The quantitative estimate of drug-likeness (QED) is 0.923. The van der Waals surface area contributed by atoms with Crippen LogP contribution in [0.3, 0.4) is 0 Å². The third-order valence-corrected chi connectivity index (χ3v) is 4.54. The van der Waals surface area contributed by atoms with Gasteiger partial charge in [-0.2, -0.15) is 4.98 Å². The number of hydrogen-bond donors (Lipinski definition) is 1. The summed E-state index contributed by atoms with van der Waals surface area (Å²) in [6, 6.07) is 0. The number of aromatic nitrogens is 3. The van der Waals surface area contributed by atoms with E-state index in [4.69, 9.17) is 19.7 Å². The predicted molar refractivity (Wildman–Crippen MR) is 77.9 cm³/mol. The molecule has 2 aromatic heterocycles. The minimum absolute atomic E-state index is 0.447. The third kappa shape index (κ3) is 2.66. The van der Waals surface area contributed by atoms with Gasteiger partial charge in [-0.05, 0) is 13.8 Å². The summed E-state index contributed by atoms with van der Waals surface area (Å²) in [6.07, 6.45) is 1.45. The molecule has 3 heterocycles. The third-order valence-electron chi connectivity index (χ3n) is 3.56. The van der Waals surface area contributed by atoms with Gasteiger partial charge in [0.2, 0.25) is 5.82 Å². The highest BCUT2D eigenvalue weighted by Gasteiger charge is 2.40. The van der Waals surface area contributed by atoms with Crippen molar-refractivity contribution in [3.63, 3.8) is 0 Å². The molecule has 2 aromatic rings. The van der Waals surface area contributed by atoms with Gasteiger partial charge >= 0.3 is 0 Å². The number of anilines is 1. The van der Waals surface area contributed by atoms with Crippen LogP contribution in [0.5, 0.6) is 0 Å². The maximum Gasteiger partial charge on any atom is 0.270 e. The van der Waals surface area contributed by atoms with E-state index in [2.05, 4.69) is 15.1 Å². The summed E-state index contributed by atoms with van der Waals surface area (Å²) in [6.45, 7) is 5.70. The molecule has 8 heteroatoms. The molecule has 0 atom stereocenters. The zero-order valence-corrected chi connectivity index (χ0v) is 12.9. The standard InChI is InChI=1S/C13H18N4O3S/c1-3-19-13(4-6-18-7-5-13)11-16-10(20-17-11)9-8(2)15-12(14)21-9/h3-7H2,1-2H3,(H2,14,15). The number of hydrogen-bond acceptors (Lipinski definition) is 8. The Labute approximate surface area is 126 Å². The largest absolute Gasteiger partial charge is 0.381 e. The van der Waals surface area contributed by atoms with Crippen molar-refractivity contribution in [1.29, 1.82) is 0 Å². The van der Waals surface area contributed by atoms with E-state index in [1.165, 1.54) is 11.3 Å². The SMILES string of the molecule is CCOC1(c2noc(-c3sc(N)nc3C)n2)CCOCC1. The van der Waals surface area contributed by atoms with Gasteiger partial charge < -0.3 is 19.7 Å². The van der Waals surface area contributed by atoms with Crippen molar-refractivity contribution in [2.24, 2.45) is 0 Å².